The van der Waals surface area contributed by atoms with E-state index < -0.39 is 0 Å². The van der Waals surface area contributed by atoms with Crippen molar-refractivity contribution < 1.29 is 5.11 Å². The van der Waals surface area contributed by atoms with Gasteiger partial charge in [-0.05, 0) is 111 Å². The highest BCUT2D eigenvalue weighted by atomic mass is 35.5. The Bertz CT molecular complexity index is 643. The first-order chi connectivity index (χ1) is 14.8. The van der Waals surface area contributed by atoms with Crippen molar-refractivity contribution in [3.63, 3.8) is 0 Å². The van der Waals surface area contributed by atoms with E-state index >= 15 is 0 Å². The van der Waals surface area contributed by atoms with Gasteiger partial charge in [-0.25, -0.2) is 0 Å². The average Bonchev–Trinajstić information content (AvgIpc) is 3.10. The van der Waals surface area contributed by atoms with Gasteiger partial charge in [0.1, 0.15) is 0 Å². The Kier molecular flexibility index (Phi) is 7.54. The number of hydrogen-bond donors (Lipinski definition) is 1. The molecule has 3 fully saturated rings. The lowest BCUT2D eigenvalue weighted by atomic mass is 9.47. The molecule has 0 aliphatic heterocycles. The number of alkyl halides is 1. The molecule has 4 aliphatic rings. The van der Waals surface area contributed by atoms with Crippen LogP contribution in [0.25, 0.3) is 0 Å². The van der Waals surface area contributed by atoms with Crippen molar-refractivity contribution in [2.24, 2.45) is 46.3 Å². The second-order valence-corrected chi connectivity index (χ2v) is 13.1. The molecule has 31 heavy (non-hydrogen) atoms. The van der Waals surface area contributed by atoms with Crippen molar-refractivity contribution in [2.45, 2.75) is 117 Å². The Balaban J connectivity index is 1.39. The molecule has 0 heterocycles. The van der Waals surface area contributed by atoms with Gasteiger partial charge in [0.05, 0.1) is 6.10 Å². The fraction of sp³-hybridized carbons (Fsp3) is 0.931. The maximum Gasteiger partial charge on any atom is 0.0577 e. The Labute approximate surface area is 197 Å². The quantitative estimate of drug-likeness (QED) is 0.292. The van der Waals surface area contributed by atoms with Gasteiger partial charge in [-0.3, -0.25) is 0 Å². The van der Waals surface area contributed by atoms with Crippen LogP contribution in [-0.2, 0) is 0 Å². The maximum absolute atomic E-state index is 10.2. The Morgan fingerprint density at radius 1 is 1.00 bits per heavy atom. The molecule has 0 spiro atoms. The van der Waals surface area contributed by atoms with Crippen LogP contribution in [0.4, 0.5) is 0 Å². The first-order valence-electron chi connectivity index (χ1n) is 13.7. The second kappa shape index (κ2) is 9.69. The van der Waals surface area contributed by atoms with E-state index in [1.807, 2.05) is 0 Å². The summed E-state index contributed by atoms with van der Waals surface area (Å²) in [6, 6.07) is 0. The van der Waals surface area contributed by atoms with Crippen LogP contribution in [0.2, 0.25) is 0 Å². The fourth-order valence-electron chi connectivity index (χ4n) is 9.18. The Morgan fingerprint density at radius 3 is 2.55 bits per heavy atom. The zero-order chi connectivity index (χ0) is 22.2. The third-order valence-corrected chi connectivity index (χ3v) is 11.3. The largest absolute Gasteiger partial charge is 0.393 e. The molecule has 0 aromatic carbocycles. The van der Waals surface area contributed by atoms with Crippen molar-refractivity contribution in [3.8, 4) is 0 Å². The monoisotopic (exact) mass is 448 g/mol. The number of fused-ring (bicyclic) bond motifs is 5. The van der Waals surface area contributed by atoms with Crippen LogP contribution in [0.3, 0.4) is 0 Å². The number of hydrogen-bond acceptors (Lipinski definition) is 1. The lowest BCUT2D eigenvalue weighted by Gasteiger charge is -2.58. The van der Waals surface area contributed by atoms with Crippen LogP contribution >= 0.6 is 11.6 Å². The summed E-state index contributed by atoms with van der Waals surface area (Å²) < 4.78 is 0. The van der Waals surface area contributed by atoms with Gasteiger partial charge in [-0.2, -0.15) is 0 Å². The normalized spacial score (nSPS) is 44.1. The predicted molar refractivity (Wildman–Crippen MR) is 133 cm³/mol. The number of aliphatic hydroxyl groups is 1. The van der Waals surface area contributed by atoms with Crippen molar-refractivity contribution in [2.75, 3.05) is 5.88 Å². The zero-order valence-electron chi connectivity index (χ0n) is 20.8. The zero-order valence-corrected chi connectivity index (χ0v) is 21.6. The molecular weight excluding hydrogens is 400 g/mol. The third kappa shape index (κ3) is 4.53. The minimum atomic E-state index is -0.0842. The highest BCUT2D eigenvalue weighted by Gasteiger charge is 2.59. The summed E-state index contributed by atoms with van der Waals surface area (Å²) in [5, 5.41) is 10.2. The number of aliphatic hydroxyl groups excluding tert-OH is 1. The van der Waals surface area contributed by atoms with E-state index in [1.165, 1.54) is 70.6 Å². The molecule has 1 N–H and O–H groups in total. The topological polar surface area (TPSA) is 20.2 Å². The maximum atomic E-state index is 10.2. The van der Waals surface area contributed by atoms with Gasteiger partial charge >= 0.3 is 0 Å². The predicted octanol–water partition coefficient (Wildman–Crippen LogP) is 8.39. The molecule has 9 atom stereocenters. The molecule has 0 amide bonds. The lowest BCUT2D eigenvalue weighted by molar-refractivity contribution is -0.0573. The molecule has 3 saturated carbocycles. The van der Waals surface area contributed by atoms with E-state index in [2.05, 4.69) is 33.8 Å². The van der Waals surface area contributed by atoms with E-state index in [1.54, 1.807) is 5.57 Å². The summed E-state index contributed by atoms with van der Waals surface area (Å²) >= 11 is 5.88. The van der Waals surface area contributed by atoms with Crippen LogP contribution in [0.1, 0.15) is 111 Å². The summed E-state index contributed by atoms with van der Waals surface area (Å²) in [7, 11) is 0. The van der Waals surface area contributed by atoms with Crippen molar-refractivity contribution >= 4 is 11.6 Å². The lowest BCUT2D eigenvalue weighted by Crippen LogP contribution is -2.50. The van der Waals surface area contributed by atoms with Crippen LogP contribution in [0, 0.1) is 46.3 Å². The van der Waals surface area contributed by atoms with Crippen molar-refractivity contribution in [1.29, 1.82) is 0 Å². The molecule has 0 radical (unpaired) electrons. The van der Waals surface area contributed by atoms with Gasteiger partial charge in [-0.1, -0.05) is 58.6 Å². The van der Waals surface area contributed by atoms with E-state index in [-0.39, 0.29) is 6.10 Å². The van der Waals surface area contributed by atoms with Crippen molar-refractivity contribution in [1.82, 2.24) is 0 Å². The molecular formula is C29H49ClO. The summed E-state index contributed by atoms with van der Waals surface area (Å²) in [6.07, 6.45) is 19.5. The summed E-state index contributed by atoms with van der Waals surface area (Å²) in [4.78, 5) is 0. The number of allylic oxidation sites excluding steroid dienone is 1. The van der Waals surface area contributed by atoms with Crippen LogP contribution in [-0.4, -0.2) is 17.1 Å². The van der Waals surface area contributed by atoms with E-state index in [9.17, 15) is 5.11 Å². The van der Waals surface area contributed by atoms with Gasteiger partial charge in [0.2, 0.25) is 0 Å². The Hall–Kier alpha value is -0.0100. The second-order valence-electron chi connectivity index (χ2n) is 12.7. The highest BCUT2D eigenvalue weighted by molar-refractivity contribution is 6.17. The molecule has 0 aromatic rings. The molecule has 1 nitrogen and oxygen atoms in total. The first kappa shape index (κ1) is 24.1. The smallest absolute Gasteiger partial charge is 0.0577 e. The summed E-state index contributed by atoms with van der Waals surface area (Å²) in [6.45, 7) is 10.2. The van der Waals surface area contributed by atoms with Gasteiger partial charge in [0.25, 0.3) is 0 Å². The van der Waals surface area contributed by atoms with E-state index in [4.69, 9.17) is 11.6 Å². The van der Waals surface area contributed by atoms with Crippen molar-refractivity contribution in [3.05, 3.63) is 11.6 Å². The number of halogens is 1. The van der Waals surface area contributed by atoms with Gasteiger partial charge in [-0.15, -0.1) is 11.6 Å². The fourth-order valence-corrected chi connectivity index (χ4v) is 9.33. The summed E-state index contributed by atoms with van der Waals surface area (Å²) in [5.74, 6) is 6.17. The molecule has 4 aliphatic carbocycles. The minimum absolute atomic E-state index is 0.0842. The van der Waals surface area contributed by atoms with Crippen LogP contribution < -0.4 is 0 Å². The van der Waals surface area contributed by atoms with E-state index in [0.717, 1.165) is 54.2 Å². The summed E-state index contributed by atoms with van der Waals surface area (Å²) in [5.41, 5.74) is 2.56. The van der Waals surface area contributed by atoms with Gasteiger partial charge < -0.3 is 5.11 Å². The molecule has 0 bridgehead atoms. The number of rotatable bonds is 8. The van der Waals surface area contributed by atoms with Gasteiger partial charge in [0.15, 0.2) is 0 Å². The standard InChI is InChI=1S/C29H49ClO/c1-20(8-6-18-30)7-5-9-21(2)25-12-13-26-24-11-10-22-19-23(31)14-16-28(22,3)27(24)15-17-29(25,26)4/h10,20-21,23-27,31H,5-9,11-19H2,1-4H3/t20?,21-,23+,24+,25-,26+,27+,28+,29-/m1/s1. The minimum Gasteiger partial charge on any atom is -0.393 e. The SMILES string of the molecule is CC(CCCCl)CCC[C@@H](C)[C@H]1CC[C@H]2[C@@H]3CC=C4C[C@@H](O)CC[C@]4(C)[C@H]3CC[C@]12C. The first-order valence-corrected chi connectivity index (χ1v) is 14.3. The molecule has 4 rings (SSSR count). The molecule has 178 valence electrons. The van der Waals surface area contributed by atoms with Crippen LogP contribution in [0.15, 0.2) is 11.6 Å². The average molecular weight is 449 g/mol. The molecule has 1 unspecified atom stereocenters. The van der Waals surface area contributed by atoms with Crippen LogP contribution in [0.5, 0.6) is 0 Å². The third-order valence-electron chi connectivity index (χ3n) is 11.0. The van der Waals surface area contributed by atoms with Gasteiger partial charge in [0, 0.05) is 5.88 Å². The highest BCUT2D eigenvalue weighted by Crippen LogP contribution is 2.67. The molecule has 0 aromatic heterocycles. The Morgan fingerprint density at radius 2 is 1.77 bits per heavy atom. The molecule has 0 saturated heterocycles. The van der Waals surface area contributed by atoms with E-state index in [0.29, 0.717) is 10.8 Å². The molecule has 2 heteroatoms.